The molecule has 0 bridgehead atoms. The second kappa shape index (κ2) is 4.89. The summed E-state index contributed by atoms with van der Waals surface area (Å²) in [4.78, 5) is 6.63. The van der Waals surface area contributed by atoms with Crippen LogP contribution in [0.15, 0.2) is 12.1 Å². The van der Waals surface area contributed by atoms with E-state index in [4.69, 9.17) is 15.6 Å². The Kier molecular flexibility index (Phi) is 3.49. The molecule has 1 fully saturated rings. The zero-order valence-corrected chi connectivity index (χ0v) is 10.3. The monoisotopic (exact) mass is 237 g/mol. The summed E-state index contributed by atoms with van der Waals surface area (Å²) in [7, 11) is 0. The average Bonchev–Trinajstić information content (AvgIpc) is 2.33. The maximum absolute atomic E-state index is 9.15. The number of rotatable bonds is 2. The van der Waals surface area contributed by atoms with Gasteiger partial charge in [0.1, 0.15) is 5.82 Å². The molecule has 94 valence electrons. The molecule has 0 aromatic carbocycles. The van der Waals surface area contributed by atoms with Gasteiger partial charge in [-0.05, 0) is 26.0 Å². The number of morpholine rings is 1. The van der Waals surface area contributed by atoms with E-state index >= 15 is 0 Å². The Labute approximate surface area is 101 Å². The van der Waals surface area contributed by atoms with E-state index in [1.54, 1.807) is 0 Å². The summed E-state index contributed by atoms with van der Waals surface area (Å²) in [6.07, 6.45) is -0.133. The van der Waals surface area contributed by atoms with Crippen molar-refractivity contribution in [1.82, 2.24) is 4.98 Å². The third-order valence-electron chi connectivity index (χ3n) is 3.12. The second-order valence-electron chi connectivity index (χ2n) is 4.48. The molecule has 5 nitrogen and oxygen atoms in total. The maximum atomic E-state index is 9.15. The largest absolute Gasteiger partial charge is 0.397 e. The summed E-state index contributed by atoms with van der Waals surface area (Å²) in [5.74, 6) is 0.894. The number of hydrogen-bond acceptors (Lipinski definition) is 5. The van der Waals surface area contributed by atoms with Crippen LogP contribution in [-0.2, 0) is 4.74 Å². The van der Waals surface area contributed by atoms with Gasteiger partial charge in [0.25, 0.3) is 0 Å². The number of aryl methyl sites for hydroxylation is 1. The summed E-state index contributed by atoms with van der Waals surface area (Å²) < 4.78 is 5.50. The molecule has 1 aromatic heterocycles. The van der Waals surface area contributed by atoms with Crippen molar-refractivity contribution in [3.05, 3.63) is 17.8 Å². The Morgan fingerprint density at radius 2 is 2.35 bits per heavy atom. The Hall–Kier alpha value is -1.33. The van der Waals surface area contributed by atoms with Crippen molar-refractivity contribution >= 4 is 11.5 Å². The summed E-state index contributed by atoms with van der Waals surface area (Å²) in [5.41, 5.74) is 7.30. The molecule has 2 rings (SSSR count). The van der Waals surface area contributed by atoms with Crippen LogP contribution in [0, 0.1) is 6.92 Å². The Morgan fingerprint density at radius 1 is 1.59 bits per heavy atom. The topological polar surface area (TPSA) is 71.6 Å². The minimum Gasteiger partial charge on any atom is -0.397 e. The molecule has 17 heavy (non-hydrogen) atoms. The van der Waals surface area contributed by atoms with Gasteiger partial charge in [0.05, 0.1) is 36.7 Å². The Bertz CT molecular complexity index is 397. The van der Waals surface area contributed by atoms with Gasteiger partial charge >= 0.3 is 0 Å². The molecule has 2 unspecified atom stereocenters. The summed E-state index contributed by atoms with van der Waals surface area (Å²) in [6, 6.07) is 4.04. The van der Waals surface area contributed by atoms with Crippen LogP contribution in [0.5, 0.6) is 0 Å². The molecular formula is C12H19N3O2. The lowest BCUT2D eigenvalue weighted by molar-refractivity contribution is -0.0105. The lowest BCUT2D eigenvalue weighted by Crippen LogP contribution is -2.50. The van der Waals surface area contributed by atoms with Crippen molar-refractivity contribution in [2.45, 2.75) is 26.0 Å². The van der Waals surface area contributed by atoms with Crippen molar-refractivity contribution in [1.29, 1.82) is 0 Å². The van der Waals surface area contributed by atoms with Crippen LogP contribution in [0.1, 0.15) is 12.6 Å². The molecule has 0 amide bonds. The van der Waals surface area contributed by atoms with Crippen LogP contribution in [-0.4, -0.2) is 42.0 Å². The second-order valence-corrected chi connectivity index (χ2v) is 4.48. The molecule has 0 spiro atoms. The molecule has 1 aromatic rings. The number of aliphatic hydroxyl groups excluding tert-OH is 1. The number of hydrogen-bond donors (Lipinski definition) is 2. The fourth-order valence-corrected chi connectivity index (χ4v) is 1.97. The highest BCUT2D eigenvalue weighted by molar-refractivity contribution is 5.51. The first kappa shape index (κ1) is 12.1. The number of aromatic nitrogens is 1. The van der Waals surface area contributed by atoms with Crippen molar-refractivity contribution in [2.75, 3.05) is 30.4 Å². The highest BCUT2D eigenvalue weighted by Crippen LogP contribution is 2.21. The normalized spacial score (nSPS) is 25.0. The molecule has 1 aliphatic rings. The number of nitrogen functional groups attached to an aromatic ring is 1. The zero-order chi connectivity index (χ0) is 12.4. The van der Waals surface area contributed by atoms with E-state index < -0.39 is 0 Å². The van der Waals surface area contributed by atoms with E-state index in [-0.39, 0.29) is 18.8 Å². The van der Waals surface area contributed by atoms with Gasteiger partial charge in [0, 0.05) is 6.54 Å². The van der Waals surface area contributed by atoms with E-state index in [1.165, 1.54) is 0 Å². The van der Waals surface area contributed by atoms with Gasteiger partial charge in [0.2, 0.25) is 0 Å². The lowest BCUT2D eigenvalue weighted by atomic mass is 10.2. The quantitative estimate of drug-likeness (QED) is 0.786. The molecule has 1 saturated heterocycles. The van der Waals surface area contributed by atoms with E-state index in [0.29, 0.717) is 18.8 Å². The molecule has 3 N–H and O–H groups in total. The van der Waals surface area contributed by atoms with Gasteiger partial charge in [-0.1, -0.05) is 0 Å². The summed E-state index contributed by atoms with van der Waals surface area (Å²) in [5, 5.41) is 9.15. The van der Waals surface area contributed by atoms with Crippen LogP contribution >= 0.6 is 0 Å². The van der Waals surface area contributed by atoms with Gasteiger partial charge in [0.15, 0.2) is 0 Å². The van der Waals surface area contributed by atoms with Gasteiger partial charge in [-0.15, -0.1) is 0 Å². The van der Waals surface area contributed by atoms with Gasteiger partial charge in [-0.3, -0.25) is 0 Å². The molecule has 0 saturated carbocycles. The van der Waals surface area contributed by atoms with E-state index in [9.17, 15) is 0 Å². The highest BCUT2D eigenvalue weighted by atomic mass is 16.5. The van der Waals surface area contributed by atoms with Crippen LogP contribution in [0.2, 0.25) is 0 Å². The maximum Gasteiger partial charge on any atom is 0.129 e. The first-order valence-corrected chi connectivity index (χ1v) is 5.84. The smallest absolute Gasteiger partial charge is 0.129 e. The minimum absolute atomic E-state index is 0.0389. The van der Waals surface area contributed by atoms with Crippen molar-refractivity contribution < 1.29 is 9.84 Å². The van der Waals surface area contributed by atoms with Gasteiger partial charge in [-0.2, -0.15) is 0 Å². The van der Waals surface area contributed by atoms with Crippen LogP contribution in [0.25, 0.3) is 0 Å². The molecule has 2 atom stereocenters. The molecule has 5 heteroatoms. The third kappa shape index (κ3) is 2.50. The van der Waals surface area contributed by atoms with Gasteiger partial charge < -0.3 is 20.5 Å². The van der Waals surface area contributed by atoms with Crippen LogP contribution < -0.4 is 10.6 Å². The minimum atomic E-state index is -0.133. The summed E-state index contributed by atoms with van der Waals surface area (Å²) >= 11 is 0. The first-order chi connectivity index (χ1) is 8.11. The number of pyridine rings is 1. The van der Waals surface area contributed by atoms with E-state index in [2.05, 4.69) is 16.8 Å². The Balaban J connectivity index is 2.21. The number of ether oxygens (including phenoxy) is 1. The standard InChI is InChI=1S/C12H19N3O2/c1-8-7-17-10(6-16)5-15(8)12-4-3-11(13)9(2)14-12/h3-4,8,10,16H,5-7,13H2,1-2H3. The molecule has 1 aliphatic heterocycles. The van der Waals surface area contributed by atoms with Crippen LogP contribution in [0.3, 0.4) is 0 Å². The molecule has 2 heterocycles. The van der Waals surface area contributed by atoms with Crippen molar-refractivity contribution in [3.8, 4) is 0 Å². The molecule has 0 aliphatic carbocycles. The number of aliphatic hydroxyl groups is 1. The highest BCUT2D eigenvalue weighted by Gasteiger charge is 2.26. The van der Waals surface area contributed by atoms with Crippen molar-refractivity contribution in [3.63, 3.8) is 0 Å². The third-order valence-corrected chi connectivity index (χ3v) is 3.12. The fourth-order valence-electron chi connectivity index (χ4n) is 1.97. The van der Waals surface area contributed by atoms with Crippen LogP contribution in [0.4, 0.5) is 11.5 Å². The molecular weight excluding hydrogens is 218 g/mol. The predicted molar refractivity (Wildman–Crippen MR) is 67.0 cm³/mol. The van der Waals surface area contributed by atoms with Gasteiger partial charge in [-0.25, -0.2) is 4.98 Å². The lowest BCUT2D eigenvalue weighted by Gasteiger charge is -2.38. The number of nitrogens with zero attached hydrogens (tertiary/aromatic N) is 2. The molecule has 0 radical (unpaired) electrons. The SMILES string of the molecule is Cc1nc(N2CC(CO)OCC2C)ccc1N. The predicted octanol–water partition coefficient (Wildman–Crippen LogP) is 0.558. The summed E-state index contributed by atoms with van der Waals surface area (Å²) in [6.45, 7) is 5.29. The fraction of sp³-hybridized carbons (Fsp3) is 0.583. The number of nitrogens with two attached hydrogens (primary N) is 1. The average molecular weight is 237 g/mol. The zero-order valence-electron chi connectivity index (χ0n) is 10.3. The number of anilines is 2. The van der Waals surface area contributed by atoms with E-state index in [1.807, 2.05) is 19.1 Å². The van der Waals surface area contributed by atoms with E-state index in [0.717, 1.165) is 11.5 Å². The Morgan fingerprint density at radius 3 is 3.00 bits per heavy atom. The van der Waals surface area contributed by atoms with Crippen molar-refractivity contribution in [2.24, 2.45) is 0 Å². The first-order valence-electron chi connectivity index (χ1n) is 5.84.